The smallest absolute Gasteiger partial charge is 0.265 e. The lowest BCUT2D eigenvalue weighted by Crippen LogP contribution is -2.34. The molecule has 0 saturated heterocycles. The van der Waals surface area contributed by atoms with Gasteiger partial charge in [-0.1, -0.05) is 0 Å². The first-order chi connectivity index (χ1) is 7.88. The van der Waals surface area contributed by atoms with Gasteiger partial charge in [-0.2, -0.15) is 0 Å². The van der Waals surface area contributed by atoms with Gasteiger partial charge in [0, 0.05) is 19.8 Å². The number of likely N-dealkylation sites (N-methyl/N-ethyl adjacent to an activating group) is 1. The van der Waals surface area contributed by atoms with Gasteiger partial charge in [0.1, 0.15) is 6.54 Å². The normalized spacial score (nSPS) is 10.4. The van der Waals surface area contributed by atoms with Crippen LogP contribution in [-0.2, 0) is 11.3 Å². The lowest BCUT2D eigenvalue weighted by atomic mass is 10.2. The quantitative estimate of drug-likeness (QED) is 0.905. The summed E-state index contributed by atoms with van der Waals surface area (Å²) in [5, 5.41) is 0. The number of amides is 1. The molecule has 5 nitrogen and oxygen atoms in total. The van der Waals surface area contributed by atoms with Crippen molar-refractivity contribution in [2.75, 3.05) is 19.3 Å². The lowest BCUT2D eigenvalue weighted by Gasteiger charge is -2.16. The number of pyridine rings is 1. The van der Waals surface area contributed by atoms with E-state index in [9.17, 15) is 9.59 Å². The van der Waals surface area contributed by atoms with Crippen LogP contribution in [-0.4, -0.2) is 29.0 Å². The van der Waals surface area contributed by atoms with Gasteiger partial charge < -0.3 is 15.2 Å². The SMILES string of the molecule is CCN(C)C(=O)Cn1cc(N)c(C)c(Br)c1=O. The minimum atomic E-state index is -0.241. The average Bonchev–Trinajstić information content (AvgIpc) is 2.32. The summed E-state index contributed by atoms with van der Waals surface area (Å²) >= 11 is 3.19. The number of hydrogen-bond acceptors (Lipinski definition) is 3. The maximum Gasteiger partial charge on any atom is 0.265 e. The second-order valence-electron chi connectivity index (χ2n) is 3.86. The molecule has 1 rings (SSSR count). The zero-order valence-electron chi connectivity index (χ0n) is 10.2. The van der Waals surface area contributed by atoms with Gasteiger partial charge in [-0.05, 0) is 35.3 Å². The molecule has 2 N–H and O–H groups in total. The molecule has 0 spiro atoms. The molecule has 1 heterocycles. The van der Waals surface area contributed by atoms with Crippen LogP contribution in [0.25, 0.3) is 0 Å². The fourth-order valence-electron chi connectivity index (χ4n) is 1.30. The van der Waals surface area contributed by atoms with E-state index < -0.39 is 0 Å². The summed E-state index contributed by atoms with van der Waals surface area (Å²) in [6.07, 6.45) is 1.50. The molecule has 17 heavy (non-hydrogen) atoms. The van der Waals surface area contributed by atoms with E-state index in [2.05, 4.69) is 15.9 Å². The summed E-state index contributed by atoms with van der Waals surface area (Å²) in [6.45, 7) is 4.24. The van der Waals surface area contributed by atoms with Gasteiger partial charge in [0.2, 0.25) is 5.91 Å². The van der Waals surface area contributed by atoms with Crippen molar-refractivity contribution < 1.29 is 4.79 Å². The average molecular weight is 302 g/mol. The Balaban J connectivity index is 3.09. The Labute approximate surface area is 108 Å². The Bertz CT molecular complexity index is 496. The topological polar surface area (TPSA) is 68.3 Å². The molecule has 1 aromatic heterocycles. The molecular formula is C11H16BrN3O2. The van der Waals surface area contributed by atoms with Crippen molar-refractivity contribution in [3.63, 3.8) is 0 Å². The molecule has 0 radical (unpaired) electrons. The highest BCUT2D eigenvalue weighted by Gasteiger charge is 2.12. The van der Waals surface area contributed by atoms with Crippen LogP contribution >= 0.6 is 15.9 Å². The van der Waals surface area contributed by atoms with Crippen LogP contribution in [0.15, 0.2) is 15.5 Å². The Hall–Kier alpha value is -1.30. The summed E-state index contributed by atoms with van der Waals surface area (Å²) in [5.74, 6) is -0.121. The van der Waals surface area contributed by atoms with E-state index in [1.165, 1.54) is 10.8 Å². The molecule has 0 fully saturated rings. The minimum Gasteiger partial charge on any atom is -0.397 e. The Morgan fingerprint density at radius 2 is 2.18 bits per heavy atom. The fourth-order valence-corrected chi connectivity index (χ4v) is 1.75. The summed E-state index contributed by atoms with van der Waals surface area (Å²) < 4.78 is 1.73. The van der Waals surface area contributed by atoms with E-state index in [0.29, 0.717) is 22.3 Å². The largest absolute Gasteiger partial charge is 0.397 e. The number of aromatic nitrogens is 1. The van der Waals surface area contributed by atoms with Crippen molar-refractivity contribution in [1.82, 2.24) is 9.47 Å². The standard InChI is InChI=1S/C11H16BrN3O2/c1-4-14(3)9(16)6-15-5-8(13)7(2)10(12)11(15)17/h5H,4,6,13H2,1-3H3. The number of carbonyl (C=O) groups excluding carboxylic acids is 1. The van der Waals surface area contributed by atoms with Crippen molar-refractivity contribution in [3.05, 3.63) is 26.6 Å². The van der Waals surface area contributed by atoms with E-state index in [-0.39, 0.29) is 18.0 Å². The van der Waals surface area contributed by atoms with E-state index in [1.807, 2.05) is 6.92 Å². The molecule has 0 bridgehead atoms. The van der Waals surface area contributed by atoms with Crippen LogP contribution in [0.2, 0.25) is 0 Å². The summed E-state index contributed by atoms with van der Waals surface area (Å²) in [6, 6.07) is 0. The van der Waals surface area contributed by atoms with Crippen LogP contribution < -0.4 is 11.3 Å². The molecule has 94 valence electrons. The molecule has 6 heteroatoms. The van der Waals surface area contributed by atoms with Gasteiger partial charge in [0.25, 0.3) is 5.56 Å². The van der Waals surface area contributed by atoms with Crippen LogP contribution in [0, 0.1) is 6.92 Å². The third-order valence-electron chi connectivity index (χ3n) is 2.71. The number of nitrogens with two attached hydrogens (primary N) is 1. The molecule has 0 atom stereocenters. The van der Waals surface area contributed by atoms with Gasteiger partial charge >= 0.3 is 0 Å². The molecule has 1 aromatic rings. The number of carbonyl (C=O) groups is 1. The molecule has 0 aliphatic heterocycles. The predicted octanol–water partition coefficient (Wildman–Crippen LogP) is 0.980. The summed E-state index contributed by atoms with van der Waals surface area (Å²) in [4.78, 5) is 25.1. The van der Waals surface area contributed by atoms with Crippen molar-refractivity contribution in [1.29, 1.82) is 0 Å². The molecule has 0 aromatic carbocycles. The first-order valence-electron chi connectivity index (χ1n) is 5.27. The maximum atomic E-state index is 11.9. The predicted molar refractivity (Wildman–Crippen MR) is 70.9 cm³/mol. The van der Waals surface area contributed by atoms with Crippen LogP contribution in [0.5, 0.6) is 0 Å². The zero-order valence-corrected chi connectivity index (χ0v) is 11.7. The highest BCUT2D eigenvalue weighted by molar-refractivity contribution is 9.10. The Morgan fingerprint density at radius 1 is 1.59 bits per heavy atom. The van der Waals surface area contributed by atoms with E-state index in [4.69, 9.17) is 5.73 Å². The Kier molecular flexibility index (Phi) is 4.34. The van der Waals surface area contributed by atoms with E-state index >= 15 is 0 Å². The first-order valence-corrected chi connectivity index (χ1v) is 6.06. The van der Waals surface area contributed by atoms with Crippen LogP contribution in [0.4, 0.5) is 5.69 Å². The number of nitrogens with zero attached hydrogens (tertiary/aromatic N) is 2. The highest BCUT2D eigenvalue weighted by atomic mass is 79.9. The third-order valence-corrected chi connectivity index (χ3v) is 3.65. The molecular weight excluding hydrogens is 286 g/mol. The Morgan fingerprint density at radius 3 is 2.71 bits per heavy atom. The molecule has 0 aliphatic carbocycles. The molecule has 1 amide bonds. The second-order valence-corrected chi connectivity index (χ2v) is 4.66. The maximum absolute atomic E-state index is 11.9. The lowest BCUT2D eigenvalue weighted by molar-refractivity contribution is -0.130. The molecule has 0 unspecified atom stereocenters. The van der Waals surface area contributed by atoms with Crippen molar-refractivity contribution in [3.8, 4) is 0 Å². The zero-order chi connectivity index (χ0) is 13.2. The summed E-state index contributed by atoms with van der Waals surface area (Å²) in [5.41, 5.74) is 6.70. The van der Waals surface area contributed by atoms with Crippen molar-refractivity contribution in [2.24, 2.45) is 0 Å². The highest BCUT2D eigenvalue weighted by Crippen LogP contribution is 2.16. The third kappa shape index (κ3) is 2.88. The van der Waals surface area contributed by atoms with Gasteiger partial charge in [-0.3, -0.25) is 9.59 Å². The van der Waals surface area contributed by atoms with E-state index in [1.54, 1.807) is 18.9 Å². The minimum absolute atomic E-state index is 0.00620. The number of hydrogen-bond donors (Lipinski definition) is 1. The number of nitrogen functional groups attached to an aromatic ring is 1. The first kappa shape index (κ1) is 13.8. The van der Waals surface area contributed by atoms with E-state index in [0.717, 1.165) is 0 Å². The number of halogens is 1. The second kappa shape index (κ2) is 5.35. The molecule has 0 saturated carbocycles. The van der Waals surface area contributed by atoms with Crippen LogP contribution in [0.1, 0.15) is 12.5 Å². The number of anilines is 1. The van der Waals surface area contributed by atoms with Gasteiger partial charge in [-0.15, -0.1) is 0 Å². The van der Waals surface area contributed by atoms with Gasteiger partial charge in [0.15, 0.2) is 0 Å². The monoisotopic (exact) mass is 301 g/mol. The molecule has 0 aliphatic rings. The fraction of sp³-hybridized carbons (Fsp3) is 0.455. The number of rotatable bonds is 3. The summed E-state index contributed by atoms with van der Waals surface area (Å²) in [7, 11) is 1.69. The van der Waals surface area contributed by atoms with Crippen molar-refractivity contribution >= 4 is 27.5 Å². The van der Waals surface area contributed by atoms with Crippen molar-refractivity contribution in [2.45, 2.75) is 20.4 Å². The van der Waals surface area contributed by atoms with Gasteiger partial charge in [0.05, 0.1) is 10.2 Å². The van der Waals surface area contributed by atoms with Gasteiger partial charge in [-0.25, -0.2) is 0 Å². The van der Waals surface area contributed by atoms with Crippen LogP contribution in [0.3, 0.4) is 0 Å².